The summed E-state index contributed by atoms with van der Waals surface area (Å²) >= 11 is 0. The Morgan fingerprint density at radius 2 is 1.56 bits per heavy atom. The molecule has 1 saturated carbocycles. The summed E-state index contributed by atoms with van der Waals surface area (Å²) in [5, 5.41) is 0. The summed E-state index contributed by atoms with van der Waals surface area (Å²) in [5.41, 5.74) is 1.14. The van der Waals surface area contributed by atoms with Gasteiger partial charge < -0.3 is 14.5 Å². The van der Waals surface area contributed by atoms with Crippen LogP contribution < -0.4 is 9.64 Å². The van der Waals surface area contributed by atoms with Crippen LogP contribution in [-0.2, 0) is 15.0 Å². The van der Waals surface area contributed by atoms with Gasteiger partial charge in [-0.15, -0.1) is 0 Å². The number of hydrogen-bond acceptors (Lipinski definition) is 6. The van der Waals surface area contributed by atoms with E-state index in [2.05, 4.69) is 21.9 Å². The molecule has 0 radical (unpaired) electrons. The van der Waals surface area contributed by atoms with Crippen LogP contribution in [-0.4, -0.2) is 112 Å². The van der Waals surface area contributed by atoms with Crippen LogP contribution in [0.5, 0.6) is 5.75 Å². The van der Waals surface area contributed by atoms with Crippen molar-refractivity contribution in [2.75, 3.05) is 78.0 Å². The van der Waals surface area contributed by atoms with Gasteiger partial charge in [-0.2, -0.15) is 17.0 Å². The average Bonchev–Trinajstić information content (AvgIpc) is 2.89. The van der Waals surface area contributed by atoms with Crippen LogP contribution >= 0.6 is 0 Å². The number of hydrogen-bond donors (Lipinski definition) is 0. The zero-order chi connectivity index (χ0) is 24.1. The Balaban J connectivity index is 1.21. The number of nitrogens with zero attached hydrogens (tertiary/aromatic N) is 5. The minimum absolute atomic E-state index is 0.120. The van der Waals surface area contributed by atoms with Crippen LogP contribution in [0.2, 0.25) is 0 Å². The number of carbonyl (C=O) groups excluding carboxylic acids is 1. The zero-order valence-electron chi connectivity index (χ0n) is 20.6. The molecule has 3 aliphatic rings. The maximum Gasteiger partial charge on any atom is 0.282 e. The molecule has 1 aliphatic carbocycles. The number of rotatable bonds is 7. The average molecular weight is 494 g/mol. The van der Waals surface area contributed by atoms with Crippen molar-refractivity contribution in [3.8, 4) is 5.75 Å². The van der Waals surface area contributed by atoms with Crippen LogP contribution in [0.1, 0.15) is 32.1 Å². The first-order valence-electron chi connectivity index (χ1n) is 12.5. The van der Waals surface area contributed by atoms with Crippen molar-refractivity contribution < 1.29 is 17.9 Å². The summed E-state index contributed by atoms with van der Waals surface area (Å²) in [6.07, 6.45) is 5.32. The van der Waals surface area contributed by atoms with Gasteiger partial charge in [-0.1, -0.05) is 19.3 Å². The second kappa shape index (κ2) is 11.2. The van der Waals surface area contributed by atoms with Gasteiger partial charge in [-0.25, -0.2) is 0 Å². The molecule has 0 atom stereocenters. The second-order valence-electron chi connectivity index (χ2n) is 9.56. The fourth-order valence-electron chi connectivity index (χ4n) is 5.23. The van der Waals surface area contributed by atoms with E-state index in [1.165, 1.54) is 6.42 Å². The standard InChI is InChI=1S/C24H39N5O4S/c1-25(21-6-4-3-5-7-21)34(31,32)29-18-12-26(13-19-29)20-24(30)28-16-14-27(15-17-28)22-8-10-23(33-2)11-9-22/h8-11,21H,3-7,12-20H2,1-2H3. The highest BCUT2D eigenvalue weighted by Crippen LogP contribution is 2.25. The van der Waals surface area contributed by atoms with E-state index >= 15 is 0 Å². The lowest BCUT2D eigenvalue weighted by Gasteiger charge is -2.40. The molecule has 1 aromatic rings. The van der Waals surface area contributed by atoms with Gasteiger partial charge in [0.05, 0.1) is 13.7 Å². The van der Waals surface area contributed by atoms with E-state index in [0.717, 1.165) is 50.2 Å². The maximum atomic E-state index is 13.1. The molecule has 2 saturated heterocycles. The SMILES string of the molecule is COc1ccc(N2CCN(C(=O)CN3CCN(S(=O)(=O)N(C)C4CCCCC4)CC3)CC2)cc1. The Morgan fingerprint density at radius 3 is 2.15 bits per heavy atom. The smallest absolute Gasteiger partial charge is 0.282 e. The molecular formula is C24H39N5O4S. The van der Waals surface area contributed by atoms with E-state index in [0.29, 0.717) is 45.8 Å². The fourth-order valence-corrected chi connectivity index (χ4v) is 6.81. The van der Waals surface area contributed by atoms with Crippen molar-refractivity contribution in [3.05, 3.63) is 24.3 Å². The first kappa shape index (κ1) is 25.2. The van der Waals surface area contributed by atoms with Gasteiger partial charge in [-0.3, -0.25) is 9.69 Å². The van der Waals surface area contributed by atoms with Gasteiger partial charge >= 0.3 is 0 Å². The van der Waals surface area contributed by atoms with E-state index in [9.17, 15) is 13.2 Å². The van der Waals surface area contributed by atoms with Crippen LogP contribution in [0.25, 0.3) is 0 Å². The zero-order valence-corrected chi connectivity index (χ0v) is 21.4. The molecule has 0 N–H and O–H groups in total. The maximum absolute atomic E-state index is 13.1. The molecule has 0 spiro atoms. The van der Waals surface area contributed by atoms with Gasteiger partial charge in [0.1, 0.15) is 5.75 Å². The molecule has 0 aromatic heterocycles. The Hall–Kier alpha value is -1.88. The summed E-state index contributed by atoms with van der Waals surface area (Å²) in [5.74, 6) is 0.969. The van der Waals surface area contributed by atoms with Gasteiger partial charge in [0.2, 0.25) is 5.91 Å². The molecule has 190 valence electrons. The highest BCUT2D eigenvalue weighted by molar-refractivity contribution is 7.86. The van der Waals surface area contributed by atoms with Crippen molar-refractivity contribution in [1.29, 1.82) is 0 Å². The number of benzene rings is 1. The highest BCUT2D eigenvalue weighted by Gasteiger charge is 2.35. The van der Waals surface area contributed by atoms with Crippen molar-refractivity contribution in [2.24, 2.45) is 0 Å². The monoisotopic (exact) mass is 493 g/mol. The third-order valence-corrected chi connectivity index (χ3v) is 9.58. The summed E-state index contributed by atoms with van der Waals surface area (Å²) in [7, 11) is -0.0499. The molecule has 0 bridgehead atoms. The molecule has 2 heterocycles. The van der Waals surface area contributed by atoms with Crippen LogP contribution in [0.15, 0.2) is 24.3 Å². The number of methoxy groups -OCH3 is 1. The molecule has 2 aliphatic heterocycles. The summed E-state index contributed by atoms with van der Waals surface area (Å²) in [4.78, 5) is 19.2. The van der Waals surface area contributed by atoms with Gasteiger partial charge in [0, 0.05) is 71.1 Å². The molecule has 3 fully saturated rings. The molecular weight excluding hydrogens is 454 g/mol. The minimum atomic E-state index is -3.44. The third kappa shape index (κ3) is 5.84. The second-order valence-corrected chi connectivity index (χ2v) is 11.5. The summed E-state index contributed by atoms with van der Waals surface area (Å²) < 4.78 is 34.6. The minimum Gasteiger partial charge on any atom is -0.497 e. The lowest BCUT2D eigenvalue weighted by atomic mass is 9.96. The molecule has 4 rings (SSSR count). The largest absolute Gasteiger partial charge is 0.497 e. The summed E-state index contributed by atoms with van der Waals surface area (Å²) in [6, 6.07) is 8.14. The van der Waals surface area contributed by atoms with Crippen molar-refractivity contribution in [3.63, 3.8) is 0 Å². The normalized spacial score (nSPS) is 21.7. The Kier molecular flexibility index (Phi) is 8.34. The van der Waals surface area contributed by atoms with Crippen molar-refractivity contribution in [1.82, 2.24) is 18.4 Å². The Bertz CT molecular complexity index is 904. The number of piperazine rings is 2. The predicted molar refractivity (Wildman–Crippen MR) is 133 cm³/mol. The molecule has 1 amide bonds. The molecule has 10 heteroatoms. The van der Waals surface area contributed by atoms with Gasteiger partial charge in [-0.05, 0) is 37.1 Å². The first-order chi connectivity index (χ1) is 16.4. The number of amides is 1. The summed E-state index contributed by atoms with van der Waals surface area (Å²) in [6.45, 7) is 5.43. The third-order valence-electron chi connectivity index (χ3n) is 7.54. The molecule has 0 unspecified atom stereocenters. The quantitative estimate of drug-likeness (QED) is 0.573. The Morgan fingerprint density at radius 1 is 0.941 bits per heavy atom. The molecule has 1 aromatic carbocycles. The van der Waals surface area contributed by atoms with Crippen molar-refractivity contribution in [2.45, 2.75) is 38.1 Å². The lowest BCUT2D eigenvalue weighted by Crippen LogP contribution is -2.56. The Labute approximate surface area is 204 Å². The molecule has 34 heavy (non-hydrogen) atoms. The van der Waals surface area contributed by atoms with E-state index in [1.807, 2.05) is 17.0 Å². The number of ether oxygens (including phenoxy) is 1. The van der Waals surface area contributed by atoms with Gasteiger partial charge in [0.25, 0.3) is 10.2 Å². The van der Waals surface area contributed by atoms with E-state index in [-0.39, 0.29) is 11.9 Å². The van der Waals surface area contributed by atoms with Gasteiger partial charge in [0.15, 0.2) is 0 Å². The van der Waals surface area contributed by atoms with Crippen LogP contribution in [0.4, 0.5) is 5.69 Å². The van der Waals surface area contributed by atoms with Crippen LogP contribution in [0, 0.1) is 0 Å². The lowest BCUT2D eigenvalue weighted by molar-refractivity contribution is -0.133. The van der Waals surface area contributed by atoms with Crippen LogP contribution in [0.3, 0.4) is 0 Å². The predicted octanol–water partition coefficient (Wildman–Crippen LogP) is 1.47. The fraction of sp³-hybridized carbons (Fsp3) is 0.708. The van der Waals surface area contributed by atoms with E-state index in [1.54, 1.807) is 22.8 Å². The van der Waals surface area contributed by atoms with Crippen molar-refractivity contribution >= 4 is 21.8 Å². The number of anilines is 1. The highest BCUT2D eigenvalue weighted by atomic mass is 32.2. The topological polar surface area (TPSA) is 76.6 Å². The first-order valence-corrected chi connectivity index (χ1v) is 13.9. The number of carbonyl (C=O) groups is 1. The van der Waals surface area contributed by atoms with E-state index < -0.39 is 10.2 Å². The van der Waals surface area contributed by atoms with E-state index in [4.69, 9.17) is 4.74 Å². The molecule has 9 nitrogen and oxygen atoms in total.